The SMILES string of the molecule is Cn1cc(COc2ccccc2F)c2ccc(O)cc21. The highest BCUT2D eigenvalue weighted by molar-refractivity contribution is 5.85. The van der Waals surface area contributed by atoms with E-state index in [0.29, 0.717) is 0 Å². The van der Waals surface area contributed by atoms with Crippen LogP contribution in [0.25, 0.3) is 10.9 Å². The molecule has 4 heteroatoms. The molecular weight excluding hydrogens is 257 g/mol. The second-order valence-corrected chi connectivity index (χ2v) is 4.69. The molecule has 1 N–H and O–H groups in total. The number of ether oxygens (including phenoxy) is 1. The van der Waals surface area contributed by atoms with Gasteiger partial charge in [-0.3, -0.25) is 0 Å². The second kappa shape index (κ2) is 4.89. The first-order chi connectivity index (χ1) is 9.65. The molecule has 0 amide bonds. The van der Waals surface area contributed by atoms with Crippen LogP contribution in [0.2, 0.25) is 0 Å². The van der Waals surface area contributed by atoms with E-state index in [1.807, 2.05) is 23.9 Å². The quantitative estimate of drug-likeness (QED) is 0.789. The predicted molar refractivity (Wildman–Crippen MR) is 75.3 cm³/mol. The van der Waals surface area contributed by atoms with E-state index in [1.54, 1.807) is 30.3 Å². The number of phenolic OH excluding ortho intramolecular Hbond substituents is 1. The molecule has 0 fully saturated rings. The maximum absolute atomic E-state index is 13.5. The number of hydrogen-bond donors (Lipinski definition) is 1. The topological polar surface area (TPSA) is 34.4 Å². The van der Waals surface area contributed by atoms with Gasteiger partial charge in [-0.25, -0.2) is 4.39 Å². The molecule has 1 heterocycles. The number of benzene rings is 2. The Morgan fingerprint density at radius 2 is 2.00 bits per heavy atom. The molecule has 0 spiro atoms. The van der Waals surface area contributed by atoms with Crippen LogP contribution in [-0.4, -0.2) is 9.67 Å². The standard InChI is InChI=1S/C16H14FNO2/c1-18-9-11(13-7-6-12(19)8-15(13)18)10-20-16-5-3-2-4-14(16)17/h2-9,19H,10H2,1H3. The van der Waals surface area contributed by atoms with E-state index >= 15 is 0 Å². The lowest BCUT2D eigenvalue weighted by molar-refractivity contribution is 0.291. The molecule has 0 bridgehead atoms. The molecule has 20 heavy (non-hydrogen) atoms. The fourth-order valence-electron chi connectivity index (χ4n) is 2.29. The van der Waals surface area contributed by atoms with Crippen molar-refractivity contribution in [3.8, 4) is 11.5 Å². The number of phenols is 1. The van der Waals surface area contributed by atoms with Crippen LogP contribution in [0.1, 0.15) is 5.56 Å². The summed E-state index contributed by atoms with van der Waals surface area (Å²) in [4.78, 5) is 0. The summed E-state index contributed by atoms with van der Waals surface area (Å²) in [5, 5.41) is 10.5. The minimum atomic E-state index is -0.370. The summed E-state index contributed by atoms with van der Waals surface area (Å²) in [5.41, 5.74) is 1.86. The molecule has 1 aromatic heterocycles. The average molecular weight is 271 g/mol. The van der Waals surface area contributed by atoms with Crippen molar-refractivity contribution in [1.29, 1.82) is 0 Å². The van der Waals surface area contributed by atoms with Crippen LogP contribution in [0.4, 0.5) is 4.39 Å². The first-order valence-electron chi connectivity index (χ1n) is 6.29. The maximum Gasteiger partial charge on any atom is 0.165 e. The number of nitrogens with zero attached hydrogens (tertiary/aromatic N) is 1. The van der Waals surface area contributed by atoms with Gasteiger partial charge >= 0.3 is 0 Å². The normalized spacial score (nSPS) is 10.9. The summed E-state index contributed by atoms with van der Waals surface area (Å²) < 4.78 is 20.9. The number of halogens is 1. The van der Waals surface area contributed by atoms with Gasteiger partial charge in [0.2, 0.25) is 0 Å². The van der Waals surface area contributed by atoms with Crippen LogP contribution in [0.5, 0.6) is 11.5 Å². The molecule has 0 unspecified atom stereocenters. The van der Waals surface area contributed by atoms with E-state index in [9.17, 15) is 9.50 Å². The summed E-state index contributed by atoms with van der Waals surface area (Å²) in [7, 11) is 1.90. The van der Waals surface area contributed by atoms with E-state index in [2.05, 4.69) is 0 Å². The largest absolute Gasteiger partial charge is 0.508 e. The lowest BCUT2D eigenvalue weighted by atomic mass is 10.2. The van der Waals surface area contributed by atoms with Gasteiger partial charge < -0.3 is 14.4 Å². The van der Waals surface area contributed by atoms with Gasteiger partial charge in [0.1, 0.15) is 12.4 Å². The van der Waals surface area contributed by atoms with Crippen molar-refractivity contribution < 1.29 is 14.2 Å². The van der Waals surface area contributed by atoms with E-state index in [-0.39, 0.29) is 23.9 Å². The first-order valence-corrected chi connectivity index (χ1v) is 6.29. The van der Waals surface area contributed by atoms with E-state index in [1.165, 1.54) is 6.07 Å². The molecule has 2 aromatic carbocycles. The molecule has 3 aromatic rings. The molecule has 0 aliphatic rings. The minimum Gasteiger partial charge on any atom is -0.508 e. The number of rotatable bonds is 3. The van der Waals surface area contributed by atoms with Crippen molar-refractivity contribution in [1.82, 2.24) is 4.57 Å². The lowest BCUT2D eigenvalue weighted by Gasteiger charge is -2.06. The van der Waals surface area contributed by atoms with Crippen LogP contribution >= 0.6 is 0 Å². The summed E-state index contributed by atoms with van der Waals surface area (Å²) in [6, 6.07) is 11.5. The number of fused-ring (bicyclic) bond motifs is 1. The molecule has 0 aliphatic heterocycles. The van der Waals surface area contributed by atoms with Crippen molar-refractivity contribution in [3.63, 3.8) is 0 Å². The van der Waals surface area contributed by atoms with Gasteiger partial charge in [0, 0.05) is 30.3 Å². The Balaban J connectivity index is 1.90. The van der Waals surface area contributed by atoms with Gasteiger partial charge in [0.25, 0.3) is 0 Å². The average Bonchev–Trinajstić information content (AvgIpc) is 2.74. The highest BCUT2D eigenvalue weighted by Crippen LogP contribution is 2.26. The fraction of sp³-hybridized carbons (Fsp3) is 0.125. The van der Waals surface area contributed by atoms with E-state index in [0.717, 1.165) is 16.5 Å². The Morgan fingerprint density at radius 3 is 2.80 bits per heavy atom. The molecule has 3 nitrogen and oxygen atoms in total. The van der Waals surface area contributed by atoms with Gasteiger partial charge in [-0.15, -0.1) is 0 Å². The zero-order valence-corrected chi connectivity index (χ0v) is 11.0. The molecule has 0 radical (unpaired) electrons. The van der Waals surface area contributed by atoms with Crippen LogP contribution < -0.4 is 4.74 Å². The number of aromatic nitrogens is 1. The monoisotopic (exact) mass is 271 g/mol. The molecule has 0 saturated carbocycles. The summed E-state index contributed by atoms with van der Waals surface area (Å²) >= 11 is 0. The van der Waals surface area contributed by atoms with Crippen LogP contribution in [0, 0.1) is 5.82 Å². The summed E-state index contributed by atoms with van der Waals surface area (Å²) in [5.74, 6) is 0.0916. The lowest BCUT2D eigenvalue weighted by Crippen LogP contribution is -1.96. The van der Waals surface area contributed by atoms with Gasteiger partial charge in [-0.05, 0) is 24.3 Å². The number of hydrogen-bond acceptors (Lipinski definition) is 2. The van der Waals surface area contributed by atoms with Crippen LogP contribution in [-0.2, 0) is 13.7 Å². The Kier molecular flexibility index (Phi) is 3.06. The van der Waals surface area contributed by atoms with Crippen LogP contribution in [0.15, 0.2) is 48.7 Å². The summed E-state index contributed by atoms with van der Waals surface area (Å²) in [6.07, 6.45) is 1.92. The van der Waals surface area contributed by atoms with Gasteiger partial charge in [0.05, 0.1) is 5.52 Å². The zero-order valence-electron chi connectivity index (χ0n) is 11.0. The van der Waals surface area contributed by atoms with Crippen LogP contribution in [0.3, 0.4) is 0 Å². The number of para-hydroxylation sites is 1. The molecular formula is C16H14FNO2. The molecule has 0 atom stereocenters. The maximum atomic E-state index is 13.5. The van der Waals surface area contributed by atoms with E-state index in [4.69, 9.17) is 4.74 Å². The van der Waals surface area contributed by atoms with E-state index < -0.39 is 0 Å². The third kappa shape index (κ3) is 2.20. The van der Waals surface area contributed by atoms with Crippen molar-refractivity contribution in [2.24, 2.45) is 7.05 Å². The molecule has 0 saturated heterocycles. The predicted octanol–water partition coefficient (Wildman–Crippen LogP) is 3.60. The molecule has 0 aliphatic carbocycles. The van der Waals surface area contributed by atoms with Gasteiger partial charge in [-0.1, -0.05) is 12.1 Å². The van der Waals surface area contributed by atoms with Crippen molar-refractivity contribution >= 4 is 10.9 Å². The fourth-order valence-corrected chi connectivity index (χ4v) is 2.29. The van der Waals surface area contributed by atoms with Gasteiger partial charge in [0.15, 0.2) is 11.6 Å². The highest BCUT2D eigenvalue weighted by Gasteiger charge is 2.09. The minimum absolute atomic E-state index is 0.222. The smallest absolute Gasteiger partial charge is 0.165 e. The number of aryl methyl sites for hydroxylation is 1. The first kappa shape index (κ1) is 12.5. The Bertz CT molecular complexity index is 764. The van der Waals surface area contributed by atoms with Crippen molar-refractivity contribution in [2.45, 2.75) is 6.61 Å². The molecule has 3 rings (SSSR count). The van der Waals surface area contributed by atoms with Crippen molar-refractivity contribution in [3.05, 3.63) is 60.0 Å². The summed E-state index contributed by atoms with van der Waals surface area (Å²) in [6.45, 7) is 0.281. The second-order valence-electron chi connectivity index (χ2n) is 4.69. The Labute approximate surface area is 115 Å². The highest BCUT2D eigenvalue weighted by atomic mass is 19.1. The zero-order chi connectivity index (χ0) is 14.1. The van der Waals surface area contributed by atoms with Crippen molar-refractivity contribution in [2.75, 3.05) is 0 Å². The third-order valence-electron chi connectivity index (χ3n) is 3.28. The van der Waals surface area contributed by atoms with Gasteiger partial charge in [-0.2, -0.15) is 0 Å². The Morgan fingerprint density at radius 1 is 1.20 bits per heavy atom. The third-order valence-corrected chi connectivity index (χ3v) is 3.28. The Hall–Kier alpha value is -2.49. The molecule has 102 valence electrons. The number of aromatic hydroxyl groups is 1.